The van der Waals surface area contributed by atoms with Gasteiger partial charge >= 0.3 is 5.97 Å². The van der Waals surface area contributed by atoms with E-state index in [9.17, 15) is 9.59 Å². The first-order valence-corrected chi connectivity index (χ1v) is 9.68. The van der Waals surface area contributed by atoms with E-state index in [4.69, 9.17) is 14.2 Å². The number of carbonyl (C=O) groups excluding carboxylic acids is 2. The lowest BCUT2D eigenvalue weighted by Gasteiger charge is -2.08. The van der Waals surface area contributed by atoms with Gasteiger partial charge in [0.1, 0.15) is 6.54 Å². The number of fused-ring (bicyclic) bond motifs is 1. The Hall–Kier alpha value is -3.13. The number of aromatic nitrogens is 1. The molecule has 2 aromatic carbocycles. The molecular weight excluding hydrogens is 392 g/mol. The molecule has 0 saturated carbocycles. The first-order valence-electron chi connectivity index (χ1n) is 8.86. The Morgan fingerprint density at radius 1 is 1.00 bits per heavy atom. The maximum atomic E-state index is 12.8. The van der Waals surface area contributed by atoms with Crippen LogP contribution in [0.15, 0.2) is 35.3 Å². The number of hydrogen-bond donors (Lipinski definition) is 0. The summed E-state index contributed by atoms with van der Waals surface area (Å²) in [5, 5.41) is 0. The molecule has 1 heterocycles. The van der Waals surface area contributed by atoms with Gasteiger partial charge in [-0.1, -0.05) is 11.3 Å². The van der Waals surface area contributed by atoms with E-state index in [2.05, 4.69) is 4.99 Å². The summed E-state index contributed by atoms with van der Waals surface area (Å²) in [6.07, 6.45) is 0. The highest BCUT2D eigenvalue weighted by Crippen LogP contribution is 2.28. The second-order valence-corrected chi connectivity index (χ2v) is 7.45. The topological polar surface area (TPSA) is 79.1 Å². The van der Waals surface area contributed by atoms with Crippen LogP contribution in [0.1, 0.15) is 21.5 Å². The summed E-state index contributed by atoms with van der Waals surface area (Å²) in [5.41, 5.74) is 3.41. The van der Waals surface area contributed by atoms with E-state index in [1.165, 1.54) is 32.7 Å². The number of rotatable bonds is 5. The molecule has 7 nitrogen and oxygen atoms in total. The molecule has 0 atom stereocenters. The molecule has 0 bridgehead atoms. The number of methoxy groups -OCH3 is 3. The summed E-state index contributed by atoms with van der Waals surface area (Å²) >= 11 is 1.35. The molecule has 0 radical (unpaired) electrons. The van der Waals surface area contributed by atoms with Crippen molar-refractivity contribution in [2.45, 2.75) is 20.4 Å². The molecule has 0 aliphatic rings. The Bertz CT molecular complexity index is 1160. The monoisotopic (exact) mass is 414 g/mol. The van der Waals surface area contributed by atoms with E-state index < -0.39 is 11.9 Å². The molecule has 0 fully saturated rings. The maximum absolute atomic E-state index is 12.8. The second kappa shape index (κ2) is 8.48. The average Bonchev–Trinajstić information content (AvgIpc) is 3.03. The zero-order valence-electron chi connectivity index (χ0n) is 16.9. The minimum absolute atomic E-state index is 0.0307. The fourth-order valence-corrected chi connectivity index (χ4v) is 3.98. The number of aryl methyl sites for hydroxylation is 2. The third kappa shape index (κ3) is 4.17. The molecule has 29 heavy (non-hydrogen) atoms. The summed E-state index contributed by atoms with van der Waals surface area (Å²) in [6.45, 7) is 3.99. The Morgan fingerprint density at radius 2 is 1.69 bits per heavy atom. The van der Waals surface area contributed by atoms with Gasteiger partial charge in [-0.05, 0) is 55.3 Å². The van der Waals surface area contributed by atoms with E-state index in [1.807, 2.05) is 26.0 Å². The fourth-order valence-electron chi connectivity index (χ4n) is 2.87. The van der Waals surface area contributed by atoms with Crippen LogP contribution in [-0.2, 0) is 16.1 Å². The summed E-state index contributed by atoms with van der Waals surface area (Å²) in [7, 11) is 4.36. The van der Waals surface area contributed by atoms with Crippen LogP contribution < -0.4 is 14.3 Å². The first-order chi connectivity index (χ1) is 13.9. The van der Waals surface area contributed by atoms with Gasteiger partial charge in [-0.25, -0.2) is 0 Å². The lowest BCUT2D eigenvalue weighted by molar-refractivity contribution is -0.141. The van der Waals surface area contributed by atoms with Crippen LogP contribution >= 0.6 is 11.3 Å². The van der Waals surface area contributed by atoms with Crippen LogP contribution in [0.3, 0.4) is 0 Å². The molecule has 0 aliphatic carbocycles. The minimum Gasteiger partial charge on any atom is -0.493 e. The van der Waals surface area contributed by atoms with Crippen molar-refractivity contribution in [1.82, 2.24) is 4.57 Å². The quantitative estimate of drug-likeness (QED) is 0.599. The van der Waals surface area contributed by atoms with Gasteiger partial charge in [-0.15, -0.1) is 0 Å². The summed E-state index contributed by atoms with van der Waals surface area (Å²) < 4.78 is 17.9. The zero-order chi connectivity index (χ0) is 21.1. The van der Waals surface area contributed by atoms with Crippen molar-refractivity contribution in [2.24, 2.45) is 4.99 Å². The van der Waals surface area contributed by atoms with Crippen molar-refractivity contribution in [3.63, 3.8) is 0 Å². The summed E-state index contributed by atoms with van der Waals surface area (Å²) in [4.78, 5) is 29.5. The standard InChI is InChI=1S/C21H22N2O5S/c1-12-8-15-18(9-13(12)2)29-21(23(15)11-19(24)28-5)22-20(25)14-6-7-16(26-3)17(10-14)27-4/h6-10H,11H2,1-5H3. The molecule has 0 saturated heterocycles. The van der Waals surface area contributed by atoms with Crippen LogP contribution in [0.2, 0.25) is 0 Å². The number of carbonyl (C=O) groups is 2. The van der Waals surface area contributed by atoms with E-state index in [1.54, 1.807) is 22.8 Å². The zero-order valence-corrected chi connectivity index (χ0v) is 17.8. The molecular formula is C21H22N2O5S. The lowest BCUT2D eigenvalue weighted by atomic mass is 10.1. The molecule has 0 unspecified atom stereocenters. The molecule has 3 rings (SSSR count). The molecule has 1 aromatic heterocycles. The van der Waals surface area contributed by atoms with Gasteiger partial charge in [0.15, 0.2) is 16.3 Å². The number of hydrogen-bond acceptors (Lipinski definition) is 6. The second-order valence-electron chi connectivity index (χ2n) is 6.44. The molecule has 0 spiro atoms. The summed E-state index contributed by atoms with van der Waals surface area (Å²) in [6, 6.07) is 8.88. The van der Waals surface area contributed by atoms with Gasteiger partial charge in [0.25, 0.3) is 5.91 Å². The van der Waals surface area contributed by atoms with Crippen molar-refractivity contribution >= 4 is 33.4 Å². The van der Waals surface area contributed by atoms with Gasteiger partial charge in [0, 0.05) is 5.56 Å². The van der Waals surface area contributed by atoms with Gasteiger partial charge in [-0.3, -0.25) is 9.59 Å². The largest absolute Gasteiger partial charge is 0.493 e. The maximum Gasteiger partial charge on any atom is 0.325 e. The van der Waals surface area contributed by atoms with E-state index >= 15 is 0 Å². The van der Waals surface area contributed by atoms with Crippen LogP contribution in [0.5, 0.6) is 11.5 Å². The number of nitrogens with zero attached hydrogens (tertiary/aromatic N) is 2. The summed E-state index contributed by atoms with van der Waals surface area (Å²) in [5.74, 6) is 0.115. The third-order valence-electron chi connectivity index (χ3n) is 4.64. The highest BCUT2D eigenvalue weighted by atomic mass is 32.1. The van der Waals surface area contributed by atoms with Crippen LogP contribution in [-0.4, -0.2) is 37.8 Å². The van der Waals surface area contributed by atoms with Crippen LogP contribution in [0.25, 0.3) is 10.2 Å². The number of esters is 1. The predicted molar refractivity (Wildman–Crippen MR) is 111 cm³/mol. The van der Waals surface area contributed by atoms with Gasteiger partial charge in [-0.2, -0.15) is 4.99 Å². The van der Waals surface area contributed by atoms with Crippen molar-refractivity contribution in [3.8, 4) is 11.5 Å². The van der Waals surface area contributed by atoms with Crippen LogP contribution in [0.4, 0.5) is 0 Å². The van der Waals surface area contributed by atoms with Crippen molar-refractivity contribution < 1.29 is 23.8 Å². The van der Waals surface area contributed by atoms with E-state index in [0.717, 1.165) is 21.3 Å². The van der Waals surface area contributed by atoms with Crippen molar-refractivity contribution in [3.05, 3.63) is 51.8 Å². The molecule has 3 aromatic rings. The van der Waals surface area contributed by atoms with Gasteiger partial charge < -0.3 is 18.8 Å². The molecule has 152 valence electrons. The number of thiazole rings is 1. The average molecular weight is 414 g/mol. The Morgan fingerprint density at radius 3 is 2.34 bits per heavy atom. The predicted octanol–water partition coefficient (Wildman–Crippen LogP) is 3.25. The van der Waals surface area contributed by atoms with Crippen molar-refractivity contribution in [2.75, 3.05) is 21.3 Å². The first kappa shape index (κ1) is 20.6. The Balaban J connectivity index is 2.14. The SMILES string of the molecule is COC(=O)Cn1c(=NC(=O)c2ccc(OC)c(OC)c2)sc2cc(C)c(C)cc21. The van der Waals surface area contributed by atoms with Gasteiger partial charge in [0.05, 0.1) is 31.5 Å². The third-order valence-corrected chi connectivity index (χ3v) is 5.68. The molecule has 1 amide bonds. The number of benzene rings is 2. The normalized spacial score (nSPS) is 11.6. The fraction of sp³-hybridized carbons (Fsp3) is 0.286. The number of ether oxygens (including phenoxy) is 3. The van der Waals surface area contributed by atoms with E-state index in [-0.39, 0.29) is 6.54 Å². The van der Waals surface area contributed by atoms with Crippen LogP contribution in [0, 0.1) is 13.8 Å². The Kier molecular flexibility index (Phi) is 6.03. The lowest BCUT2D eigenvalue weighted by Crippen LogP contribution is -2.22. The highest BCUT2D eigenvalue weighted by Gasteiger charge is 2.15. The molecule has 0 N–H and O–H groups in total. The smallest absolute Gasteiger partial charge is 0.325 e. The number of amides is 1. The van der Waals surface area contributed by atoms with Crippen molar-refractivity contribution in [1.29, 1.82) is 0 Å². The molecule has 0 aliphatic heterocycles. The molecule has 8 heteroatoms. The van der Waals surface area contributed by atoms with E-state index in [0.29, 0.717) is 21.9 Å². The van der Waals surface area contributed by atoms with Gasteiger partial charge in [0.2, 0.25) is 0 Å². The highest BCUT2D eigenvalue weighted by molar-refractivity contribution is 7.16. The Labute approximate surface area is 172 Å². The minimum atomic E-state index is -0.440.